The van der Waals surface area contributed by atoms with Crippen LogP contribution in [0.5, 0.6) is 5.75 Å². The van der Waals surface area contributed by atoms with Crippen LogP contribution in [0.1, 0.15) is 10.4 Å². The molecule has 1 N–H and O–H groups in total. The molecular weight excluding hydrogens is 479 g/mol. The predicted molar refractivity (Wildman–Crippen MR) is 115 cm³/mol. The molecular formula is C19H18ClFN6O5S. The first kappa shape index (κ1) is 23.0. The summed E-state index contributed by atoms with van der Waals surface area (Å²) in [4.78, 5) is 12.4. The van der Waals surface area contributed by atoms with Crippen LogP contribution in [0.2, 0.25) is 5.02 Å². The number of rotatable bonds is 6. The van der Waals surface area contributed by atoms with E-state index in [4.69, 9.17) is 21.1 Å². The van der Waals surface area contributed by atoms with E-state index < -0.39 is 26.6 Å². The Morgan fingerprint density at radius 2 is 2.00 bits per heavy atom. The zero-order valence-corrected chi connectivity index (χ0v) is 18.8. The summed E-state index contributed by atoms with van der Waals surface area (Å²) in [5, 5.41) is 13.6. The summed E-state index contributed by atoms with van der Waals surface area (Å²) >= 11 is 6.29. The molecule has 2 aromatic carbocycles. The van der Waals surface area contributed by atoms with Crippen LogP contribution in [-0.2, 0) is 14.8 Å². The predicted octanol–water partition coefficient (Wildman–Crippen LogP) is 1.74. The largest absolute Gasteiger partial charge is 0.496 e. The van der Waals surface area contributed by atoms with Crippen LogP contribution in [-0.4, -0.2) is 72.3 Å². The monoisotopic (exact) mass is 496 g/mol. The fourth-order valence-electron chi connectivity index (χ4n) is 3.24. The molecule has 14 heteroatoms. The van der Waals surface area contributed by atoms with Crippen molar-refractivity contribution in [2.24, 2.45) is 0 Å². The van der Waals surface area contributed by atoms with Gasteiger partial charge in [0.2, 0.25) is 10.0 Å². The Bertz CT molecular complexity index is 1280. The molecule has 0 saturated carbocycles. The van der Waals surface area contributed by atoms with Gasteiger partial charge in [0.05, 0.1) is 36.6 Å². The minimum absolute atomic E-state index is 0.0706. The number of carbonyl (C=O) groups is 1. The summed E-state index contributed by atoms with van der Waals surface area (Å²) in [5.74, 6) is -1.39. The lowest BCUT2D eigenvalue weighted by Gasteiger charge is -2.26. The van der Waals surface area contributed by atoms with E-state index in [9.17, 15) is 17.6 Å². The molecule has 11 nitrogen and oxygen atoms in total. The van der Waals surface area contributed by atoms with Crippen LogP contribution in [0.15, 0.2) is 41.6 Å². The van der Waals surface area contributed by atoms with Gasteiger partial charge >= 0.3 is 0 Å². The molecule has 1 aromatic heterocycles. The van der Waals surface area contributed by atoms with Gasteiger partial charge in [-0.05, 0) is 34.7 Å². The fraction of sp³-hybridized carbons (Fsp3) is 0.263. The second-order valence-corrected chi connectivity index (χ2v) is 9.19. The van der Waals surface area contributed by atoms with E-state index in [2.05, 4.69) is 20.8 Å². The summed E-state index contributed by atoms with van der Waals surface area (Å²) in [6, 6.07) is 6.15. The second kappa shape index (κ2) is 9.39. The SMILES string of the molecule is COc1cc(-n2cnnn2)c(Cl)cc1C(=O)Nc1ccc(F)c(S(=O)(=O)N2CCOCC2)c1. The standard InChI is InChI=1S/C19H18ClFN6O5S/c1-31-17-10-16(27-11-22-24-25-27)14(20)9-13(17)19(28)23-12-2-3-15(21)18(8-12)33(29,30)26-4-6-32-7-5-26/h2-3,8-11H,4-7H2,1H3,(H,23,28). The molecule has 0 aliphatic carbocycles. The minimum Gasteiger partial charge on any atom is -0.496 e. The van der Waals surface area contributed by atoms with Crippen LogP contribution in [0, 0.1) is 5.82 Å². The van der Waals surface area contributed by atoms with Gasteiger partial charge in [0.25, 0.3) is 5.91 Å². The summed E-state index contributed by atoms with van der Waals surface area (Å²) in [6.07, 6.45) is 1.33. The van der Waals surface area contributed by atoms with Gasteiger partial charge in [0.1, 0.15) is 22.8 Å². The van der Waals surface area contributed by atoms with Gasteiger partial charge in [-0.1, -0.05) is 11.6 Å². The van der Waals surface area contributed by atoms with Crippen LogP contribution < -0.4 is 10.1 Å². The first-order valence-corrected chi connectivity index (χ1v) is 11.4. The zero-order chi connectivity index (χ0) is 23.6. The first-order chi connectivity index (χ1) is 15.8. The topological polar surface area (TPSA) is 129 Å². The Morgan fingerprint density at radius 3 is 2.67 bits per heavy atom. The quantitative estimate of drug-likeness (QED) is 0.546. The fourth-order valence-corrected chi connectivity index (χ4v) is 4.99. The van der Waals surface area contributed by atoms with Crippen molar-refractivity contribution in [2.75, 3.05) is 38.7 Å². The smallest absolute Gasteiger partial charge is 0.259 e. The number of amides is 1. The molecule has 1 amide bonds. The van der Waals surface area contributed by atoms with Crippen molar-refractivity contribution >= 4 is 33.2 Å². The molecule has 0 unspecified atom stereocenters. The number of anilines is 1. The zero-order valence-electron chi connectivity index (χ0n) is 17.2. The molecule has 174 valence electrons. The van der Waals surface area contributed by atoms with Crippen molar-refractivity contribution in [1.82, 2.24) is 24.5 Å². The van der Waals surface area contributed by atoms with E-state index in [-0.39, 0.29) is 48.3 Å². The summed E-state index contributed by atoms with van der Waals surface area (Å²) in [7, 11) is -2.74. The Labute approximate surface area is 193 Å². The van der Waals surface area contributed by atoms with Crippen molar-refractivity contribution in [3.8, 4) is 11.4 Å². The van der Waals surface area contributed by atoms with Crippen molar-refractivity contribution in [1.29, 1.82) is 0 Å². The van der Waals surface area contributed by atoms with Gasteiger partial charge in [0.15, 0.2) is 0 Å². The van der Waals surface area contributed by atoms with E-state index in [1.54, 1.807) is 0 Å². The maximum absolute atomic E-state index is 14.4. The third-order valence-electron chi connectivity index (χ3n) is 4.89. The Morgan fingerprint density at radius 1 is 1.24 bits per heavy atom. The van der Waals surface area contributed by atoms with Gasteiger partial charge in [-0.25, -0.2) is 12.8 Å². The number of carbonyl (C=O) groups excluding carboxylic acids is 1. The molecule has 2 heterocycles. The number of nitrogens with one attached hydrogen (secondary N) is 1. The molecule has 0 bridgehead atoms. The van der Waals surface area contributed by atoms with E-state index in [1.165, 1.54) is 36.3 Å². The Hall–Kier alpha value is -3.13. The number of morpholine rings is 1. The molecule has 1 aliphatic rings. The summed E-state index contributed by atoms with van der Waals surface area (Å²) in [5.41, 5.74) is 0.535. The van der Waals surface area contributed by atoms with E-state index in [1.807, 2.05) is 0 Å². The Balaban J connectivity index is 1.63. The molecule has 1 fully saturated rings. The van der Waals surface area contributed by atoms with Gasteiger partial charge in [-0.2, -0.15) is 8.99 Å². The van der Waals surface area contributed by atoms with Crippen LogP contribution >= 0.6 is 11.6 Å². The second-order valence-electron chi connectivity index (χ2n) is 6.87. The van der Waals surface area contributed by atoms with E-state index >= 15 is 0 Å². The van der Waals surface area contributed by atoms with E-state index in [0.717, 1.165) is 16.4 Å². The van der Waals surface area contributed by atoms with Crippen molar-refractivity contribution < 1.29 is 27.1 Å². The average molecular weight is 497 g/mol. The maximum atomic E-state index is 14.4. The Kier molecular flexibility index (Phi) is 6.56. The first-order valence-electron chi connectivity index (χ1n) is 9.61. The van der Waals surface area contributed by atoms with Crippen LogP contribution in [0.4, 0.5) is 10.1 Å². The molecule has 1 saturated heterocycles. The number of hydrogen-bond donors (Lipinski definition) is 1. The lowest BCUT2D eigenvalue weighted by Crippen LogP contribution is -2.40. The van der Waals surface area contributed by atoms with Gasteiger partial charge in [0, 0.05) is 24.8 Å². The highest BCUT2D eigenvalue weighted by molar-refractivity contribution is 7.89. The molecule has 0 radical (unpaired) electrons. The lowest BCUT2D eigenvalue weighted by molar-refractivity contribution is 0.0729. The minimum atomic E-state index is -4.11. The normalized spacial score (nSPS) is 14.8. The number of benzene rings is 2. The number of halogens is 2. The third-order valence-corrected chi connectivity index (χ3v) is 7.10. The van der Waals surface area contributed by atoms with Crippen molar-refractivity contribution in [3.05, 3.63) is 53.1 Å². The lowest BCUT2D eigenvalue weighted by atomic mass is 10.1. The highest BCUT2D eigenvalue weighted by Crippen LogP contribution is 2.30. The number of nitrogens with zero attached hydrogens (tertiary/aromatic N) is 5. The van der Waals surface area contributed by atoms with E-state index in [0.29, 0.717) is 5.69 Å². The van der Waals surface area contributed by atoms with Gasteiger partial charge in [-0.15, -0.1) is 5.10 Å². The average Bonchev–Trinajstić information content (AvgIpc) is 3.35. The number of tetrazole rings is 1. The van der Waals surface area contributed by atoms with Crippen molar-refractivity contribution in [3.63, 3.8) is 0 Å². The molecule has 3 aromatic rings. The maximum Gasteiger partial charge on any atom is 0.259 e. The third kappa shape index (κ3) is 4.66. The summed E-state index contributed by atoms with van der Waals surface area (Å²) < 4.78 is 53.1. The van der Waals surface area contributed by atoms with Crippen molar-refractivity contribution in [2.45, 2.75) is 4.90 Å². The van der Waals surface area contributed by atoms with Crippen LogP contribution in [0.3, 0.4) is 0 Å². The number of aromatic nitrogens is 4. The number of sulfonamides is 1. The molecule has 0 atom stereocenters. The molecule has 33 heavy (non-hydrogen) atoms. The highest BCUT2D eigenvalue weighted by Gasteiger charge is 2.29. The molecule has 4 rings (SSSR count). The number of hydrogen-bond acceptors (Lipinski definition) is 8. The van der Waals surface area contributed by atoms with Gasteiger partial charge < -0.3 is 14.8 Å². The summed E-state index contributed by atoms with van der Waals surface area (Å²) in [6.45, 7) is 0.667. The van der Waals surface area contributed by atoms with Crippen LogP contribution in [0.25, 0.3) is 5.69 Å². The van der Waals surface area contributed by atoms with Gasteiger partial charge in [-0.3, -0.25) is 4.79 Å². The molecule has 0 spiro atoms. The number of methoxy groups -OCH3 is 1. The molecule has 1 aliphatic heterocycles. The highest BCUT2D eigenvalue weighted by atomic mass is 35.5. The number of ether oxygens (including phenoxy) is 2.